The third kappa shape index (κ3) is 5.15. The highest BCUT2D eigenvalue weighted by Crippen LogP contribution is 2.19. The van der Waals surface area contributed by atoms with Crippen LogP contribution in [0, 0.1) is 5.92 Å². The summed E-state index contributed by atoms with van der Waals surface area (Å²) in [6.45, 7) is 3.72. The summed E-state index contributed by atoms with van der Waals surface area (Å²) < 4.78 is 0. The number of hydrogen-bond acceptors (Lipinski definition) is 3. The van der Waals surface area contributed by atoms with Crippen LogP contribution < -0.4 is 5.32 Å². The number of carbonyl (C=O) groups is 2. The molecule has 24 heavy (non-hydrogen) atoms. The van der Waals surface area contributed by atoms with Crippen molar-refractivity contribution in [3.63, 3.8) is 0 Å². The normalized spacial score (nSPS) is 19.0. The molecule has 4 nitrogen and oxygen atoms in total. The maximum Gasteiger partial charge on any atom is 0.253 e. The molecule has 0 bridgehead atoms. The van der Waals surface area contributed by atoms with Crippen LogP contribution in [0.4, 0.5) is 0 Å². The van der Waals surface area contributed by atoms with Crippen LogP contribution in [0.25, 0.3) is 0 Å². The first-order valence-electron chi connectivity index (χ1n) is 8.36. The van der Waals surface area contributed by atoms with E-state index in [0.29, 0.717) is 22.9 Å². The lowest BCUT2D eigenvalue weighted by Crippen LogP contribution is -2.51. The van der Waals surface area contributed by atoms with Crippen molar-refractivity contribution >= 4 is 35.2 Å². The molecule has 1 aromatic rings. The van der Waals surface area contributed by atoms with E-state index >= 15 is 0 Å². The Balaban J connectivity index is 2.08. The number of rotatable bonds is 6. The summed E-state index contributed by atoms with van der Waals surface area (Å²) in [5.74, 6) is 1.08. The second-order valence-electron chi connectivity index (χ2n) is 6.32. The molecular weight excluding hydrogens is 344 g/mol. The van der Waals surface area contributed by atoms with Gasteiger partial charge in [-0.2, -0.15) is 11.8 Å². The molecule has 2 atom stereocenters. The molecule has 0 spiro atoms. The SMILES string of the molecule is CSCC[C@@H](NC(=O)c1ccccc1Cl)C(=O)N1CCC[C@H](C)C1. The Labute approximate surface area is 153 Å². The first-order chi connectivity index (χ1) is 11.5. The Morgan fingerprint density at radius 3 is 2.83 bits per heavy atom. The van der Waals surface area contributed by atoms with Crippen LogP contribution in [0.15, 0.2) is 24.3 Å². The summed E-state index contributed by atoms with van der Waals surface area (Å²) in [5, 5.41) is 3.29. The topological polar surface area (TPSA) is 49.4 Å². The fraction of sp³-hybridized carbons (Fsp3) is 0.556. The monoisotopic (exact) mass is 368 g/mol. The fourth-order valence-corrected chi connectivity index (χ4v) is 3.68. The number of amides is 2. The van der Waals surface area contributed by atoms with Gasteiger partial charge in [0.05, 0.1) is 10.6 Å². The van der Waals surface area contributed by atoms with Crippen molar-refractivity contribution in [2.24, 2.45) is 5.92 Å². The smallest absolute Gasteiger partial charge is 0.253 e. The first kappa shape index (κ1) is 19.1. The Kier molecular flexibility index (Phi) is 7.43. The highest BCUT2D eigenvalue weighted by atomic mass is 35.5. The van der Waals surface area contributed by atoms with E-state index < -0.39 is 6.04 Å². The maximum absolute atomic E-state index is 12.9. The van der Waals surface area contributed by atoms with E-state index in [-0.39, 0.29) is 11.8 Å². The number of nitrogens with zero attached hydrogens (tertiary/aromatic N) is 1. The van der Waals surface area contributed by atoms with Crippen molar-refractivity contribution in [1.82, 2.24) is 10.2 Å². The number of thioether (sulfide) groups is 1. The maximum atomic E-state index is 12.9. The van der Waals surface area contributed by atoms with Gasteiger partial charge in [0.1, 0.15) is 6.04 Å². The summed E-state index contributed by atoms with van der Waals surface area (Å²) in [5.41, 5.74) is 0.410. The summed E-state index contributed by atoms with van der Waals surface area (Å²) in [6, 6.07) is 6.42. The van der Waals surface area contributed by atoms with E-state index in [9.17, 15) is 9.59 Å². The zero-order chi connectivity index (χ0) is 17.5. The van der Waals surface area contributed by atoms with Crippen LogP contribution in [-0.2, 0) is 4.79 Å². The number of hydrogen-bond donors (Lipinski definition) is 1. The Hall–Kier alpha value is -1.20. The van der Waals surface area contributed by atoms with Crippen molar-refractivity contribution in [3.8, 4) is 0 Å². The molecule has 6 heteroatoms. The highest BCUT2D eigenvalue weighted by Gasteiger charge is 2.29. The average Bonchev–Trinajstić information content (AvgIpc) is 2.58. The summed E-state index contributed by atoms with van der Waals surface area (Å²) in [7, 11) is 0. The second kappa shape index (κ2) is 9.33. The highest BCUT2D eigenvalue weighted by molar-refractivity contribution is 7.98. The van der Waals surface area contributed by atoms with Crippen LogP contribution in [-0.4, -0.2) is 47.9 Å². The third-order valence-electron chi connectivity index (χ3n) is 4.30. The molecule has 1 aliphatic rings. The Bertz CT molecular complexity index is 582. The molecule has 0 aliphatic carbocycles. The molecule has 0 radical (unpaired) electrons. The largest absolute Gasteiger partial charge is 0.341 e. The van der Waals surface area contributed by atoms with E-state index in [1.165, 1.54) is 0 Å². The van der Waals surface area contributed by atoms with Gasteiger partial charge in [0.15, 0.2) is 0 Å². The molecule has 1 fully saturated rings. The Morgan fingerprint density at radius 1 is 1.42 bits per heavy atom. The van der Waals surface area contributed by atoms with E-state index in [4.69, 9.17) is 11.6 Å². The molecule has 1 N–H and O–H groups in total. The Morgan fingerprint density at radius 2 is 2.17 bits per heavy atom. The fourth-order valence-electron chi connectivity index (χ4n) is 2.98. The molecular formula is C18H25ClN2O2S. The van der Waals surface area contributed by atoms with Gasteiger partial charge in [-0.05, 0) is 49.3 Å². The molecule has 1 saturated heterocycles. The zero-order valence-electron chi connectivity index (χ0n) is 14.3. The van der Waals surface area contributed by atoms with Crippen LogP contribution in [0.3, 0.4) is 0 Å². The van der Waals surface area contributed by atoms with Gasteiger partial charge in [0.25, 0.3) is 5.91 Å². The predicted octanol–water partition coefficient (Wildman–Crippen LogP) is 3.45. The van der Waals surface area contributed by atoms with Crippen molar-refractivity contribution in [2.75, 3.05) is 25.1 Å². The summed E-state index contributed by atoms with van der Waals surface area (Å²) >= 11 is 7.77. The number of likely N-dealkylation sites (tertiary alicyclic amines) is 1. The molecule has 1 heterocycles. The van der Waals surface area contributed by atoms with Gasteiger partial charge >= 0.3 is 0 Å². The first-order valence-corrected chi connectivity index (χ1v) is 10.1. The van der Waals surface area contributed by atoms with Crippen molar-refractivity contribution in [2.45, 2.75) is 32.2 Å². The molecule has 1 aromatic carbocycles. The third-order valence-corrected chi connectivity index (χ3v) is 5.27. The van der Waals surface area contributed by atoms with E-state index in [2.05, 4.69) is 12.2 Å². The van der Waals surface area contributed by atoms with Gasteiger partial charge in [-0.25, -0.2) is 0 Å². The quantitative estimate of drug-likeness (QED) is 0.836. The lowest BCUT2D eigenvalue weighted by molar-refractivity contribution is -0.135. The molecule has 132 valence electrons. The molecule has 2 amide bonds. The van der Waals surface area contributed by atoms with Crippen molar-refractivity contribution in [1.29, 1.82) is 0 Å². The minimum absolute atomic E-state index is 0.0241. The van der Waals surface area contributed by atoms with E-state index in [1.54, 1.807) is 36.0 Å². The molecule has 0 saturated carbocycles. The molecule has 0 aromatic heterocycles. The number of benzene rings is 1. The number of piperidine rings is 1. The van der Waals surface area contributed by atoms with E-state index in [0.717, 1.165) is 31.7 Å². The predicted molar refractivity (Wildman–Crippen MR) is 101 cm³/mol. The van der Waals surface area contributed by atoms with E-state index in [1.807, 2.05) is 11.2 Å². The minimum atomic E-state index is -0.494. The number of halogens is 1. The van der Waals surface area contributed by atoms with Gasteiger partial charge in [-0.3, -0.25) is 9.59 Å². The van der Waals surface area contributed by atoms with Gasteiger partial charge in [0, 0.05) is 13.1 Å². The standard InChI is InChI=1S/C18H25ClN2O2S/c1-13-6-5-10-21(12-13)18(23)16(9-11-24-2)20-17(22)14-7-3-4-8-15(14)19/h3-4,7-8,13,16H,5-6,9-12H2,1-2H3,(H,20,22)/t13-,16+/m0/s1. The average molecular weight is 369 g/mol. The van der Waals surface area contributed by atoms with Crippen LogP contribution in [0.1, 0.15) is 36.5 Å². The summed E-state index contributed by atoms with van der Waals surface area (Å²) in [4.78, 5) is 27.3. The lowest BCUT2D eigenvalue weighted by atomic mass is 9.99. The van der Waals surface area contributed by atoms with Gasteiger partial charge in [-0.15, -0.1) is 0 Å². The lowest BCUT2D eigenvalue weighted by Gasteiger charge is -2.33. The van der Waals surface area contributed by atoms with Gasteiger partial charge in [0.2, 0.25) is 5.91 Å². The van der Waals surface area contributed by atoms with Crippen LogP contribution in [0.2, 0.25) is 5.02 Å². The van der Waals surface area contributed by atoms with Crippen LogP contribution >= 0.6 is 23.4 Å². The van der Waals surface area contributed by atoms with Gasteiger partial charge < -0.3 is 10.2 Å². The van der Waals surface area contributed by atoms with Crippen molar-refractivity contribution in [3.05, 3.63) is 34.9 Å². The summed E-state index contributed by atoms with van der Waals surface area (Å²) in [6.07, 6.45) is 4.81. The van der Waals surface area contributed by atoms with Gasteiger partial charge in [-0.1, -0.05) is 30.7 Å². The number of nitrogens with one attached hydrogen (secondary N) is 1. The number of carbonyl (C=O) groups excluding carboxylic acids is 2. The van der Waals surface area contributed by atoms with Crippen LogP contribution in [0.5, 0.6) is 0 Å². The minimum Gasteiger partial charge on any atom is -0.341 e. The molecule has 2 rings (SSSR count). The molecule has 0 unspecified atom stereocenters. The second-order valence-corrected chi connectivity index (χ2v) is 7.71. The molecule has 1 aliphatic heterocycles. The zero-order valence-corrected chi connectivity index (χ0v) is 15.8. The van der Waals surface area contributed by atoms with Crippen molar-refractivity contribution < 1.29 is 9.59 Å².